The van der Waals surface area contributed by atoms with E-state index in [1.165, 1.54) is 0 Å². The Balaban J connectivity index is 1.63. The maximum absolute atomic E-state index is 12.8. The Labute approximate surface area is 149 Å². The zero-order chi connectivity index (χ0) is 18.1. The van der Waals surface area contributed by atoms with E-state index < -0.39 is 0 Å². The average Bonchev–Trinajstić information content (AvgIpc) is 3.22. The van der Waals surface area contributed by atoms with Gasteiger partial charge in [-0.1, -0.05) is 6.07 Å². The standard InChI is InChI=1S/C18H18N6O2/c1-12(24-9-7-19-11-24)18(26)23-8-5-13-15(10-23)21-16(22-17(13)25)14-4-2-3-6-20-14/h2-4,6-7,9,11-12H,5,8,10H2,1H3,(H,21,22,25)/t12-/m1/s1. The van der Waals surface area contributed by atoms with Crippen molar-refractivity contribution in [1.29, 1.82) is 0 Å². The average molecular weight is 350 g/mol. The van der Waals surface area contributed by atoms with Gasteiger partial charge in [-0.25, -0.2) is 9.97 Å². The fraction of sp³-hybridized carbons (Fsp3) is 0.278. The summed E-state index contributed by atoms with van der Waals surface area (Å²) in [7, 11) is 0. The molecule has 4 heterocycles. The molecule has 0 fully saturated rings. The Bertz CT molecular complexity index is 981. The van der Waals surface area contributed by atoms with Crippen LogP contribution in [-0.4, -0.2) is 41.9 Å². The second kappa shape index (κ2) is 6.55. The van der Waals surface area contributed by atoms with Crippen molar-refractivity contribution in [3.8, 4) is 11.5 Å². The lowest BCUT2D eigenvalue weighted by Crippen LogP contribution is -2.42. The molecule has 8 nitrogen and oxygen atoms in total. The third-order valence-electron chi connectivity index (χ3n) is 4.62. The van der Waals surface area contributed by atoms with Crippen LogP contribution in [0.15, 0.2) is 47.9 Å². The number of nitrogens with one attached hydrogen (secondary N) is 1. The molecule has 0 aromatic carbocycles. The normalized spacial score (nSPS) is 14.7. The van der Waals surface area contributed by atoms with Crippen molar-refractivity contribution < 1.29 is 4.79 Å². The van der Waals surface area contributed by atoms with Gasteiger partial charge in [0.15, 0.2) is 5.82 Å². The van der Waals surface area contributed by atoms with Crippen LogP contribution in [0.2, 0.25) is 0 Å². The van der Waals surface area contributed by atoms with Gasteiger partial charge in [0.25, 0.3) is 5.56 Å². The molecule has 1 aliphatic rings. The molecule has 0 saturated carbocycles. The molecule has 1 amide bonds. The van der Waals surface area contributed by atoms with E-state index in [1.54, 1.807) is 46.5 Å². The topological polar surface area (TPSA) is 96.8 Å². The largest absolute Gasteiger partial charge is 0.335 e. The first kappa shape index (κ1) is 16.2. The monoisotopic (exact) mass is 350 g/mol. The fourth-order valence-electron chi connectivity index (χ4n) is 3.14. The summed E-state index contributed by atoms with van der Waals surface area (Å²) in [6.45, 7) is 2.65. The molecule has 1 aliphatic heterocycles. The molecule has 0 spiro atoms. The second-order valence-electron chi connectivity index (χ2n) is 6.25. The van der Waals surface area contributed by atoms with Crippen LogP contribution in [0.1, 0.15) is 24.2 Å². The molecule has 0 unspecified atom stereocenters. The number of amides is 1. The molecular weight excluding hydrogens is 332 g/mol. The number of rotatable bonds is 3. The van der Waals surface area contributed by atoms with Crippen LogP contribution in [-0.2, 0) is 17.8 Å². The maximum Gasteiger partial charge on any atom is 0.254 e. The molecule has 1 atom stereocenters. The number of H-pyrrole nitrogens is 1. The number of aromatic amines is 1. The van der Waals surface area contributed by atoms with E-state index in [1.807, 2.05) is 13.0 Å². The molecule has 8 heteroatoms. The zero-order valence-electron chi connectivity index (χ0n) is 14.3. The van der Waals surface area contributed by atoms with Gasteiger partial charge in [-0.05, 0) is 25.5 Å². The summed E-state index contributed by atoms with van der Waals surface area (Å²) in [6.07, 6.45) is 7.18. The van der Waals surface area contributed by atoms with Crippen LogP contribution in [0.3, 0.4) is 0 Å². The molecule has 0 radical (unpaired) electrons. The first-order valence-electron chi connectivity index (χ1n) is 8.43. The van der Waals surface area contributed by atoms with Crippen molar-refractivity contribution in [2.45, 2.75) is 25.9 Å². The highest BCUT2D eigenvalue weighted by atomic mass is 16.2. The number of fused-ring (bicyclic) bond motifs is 1. The van der Waals surface area contributed by atoms with E-state index in [9.17, 15) is 9.59 Å². The highest BCUT2D eigenvalue weighted by molar-refractivity contribution is 5.80. The quantitative estimate of drug-likeness (QED) is 0.765. The Hall–Kier alpha value is -3.29. The number of hydrogen-bond donors (Lipinski definition) is 1. The molecule has 132 valence electrons. The predicted molar refractivity (Wildman–Crippen MR) is 94.1 cm³/mol. The van der Waals surface area contributed by atoms with E-state index in [4.69, 9.17) is 0 Å². The van der Waals surface area contributed by atoms with E-state index in [0.29, 0.717) is 42.3 Å². The number of hydrogen-bond acceptors (Lipinski definition) is 5. The van der Waals surface area contributed by atoms with Gasteiger partial charge in [0.1, 0.15) is 11.7 Å². The van der Waals surface area contributed by atoms with E-state index in [2.05, 4.69) is 19.9 Å². The van der Waals surface area contributed by atoms with E-state index >= 15 is 0 Å². The van der Waals surface area contributed by atoms with E-state index in [0.717, 1.165) is 0 Å². The van der Waals surface area contributed by atoms with Crippen LogP contribution in [0, 0.1) is 0 Å². The molecule has 26 heavy (non-hydrogen) atoms. The second-order valence-corrected chi connectivity index (χ2v) is 6.25. The molecular formula is C18H18N6O2. The predicted octanol–water partition coefficient (Wildman–Crippen LogP) is 1.17. The van der Waals surface area contributed by atoms with Crippen molar-refractivity contribution in [3.05, 3.63) is 64.7 Å². The van der Waals surface area contributed by atoms with Crippen molar-refractivity contribution >= 4 is 5.91 Å². The number of pyridine rings is 1. The molecule has 1 N–H and O–H groups in total. The molecule has 3 aromatic heterocycles. The summed E-state index contributed by atoms with van der Waals surface area (Å²) in [6, 6.07) is 5.08. The van der Waals surface area contributed by atoms with Gasteiger partial charge in [0.05, 0.1) is 18.6 Å². The van der Waals surface area contributed by atoms with Gasteiger partial charge in [-0.3, -0.25) is 14.6 Å². The summed E-state index contributed by atoms with van der Waals surface area (Å²) in [5.41, 5.74) is 1.71. The zero-order valence-corrected chi connectivity index (χ0v) is 14.3. The number of aromatic nitrogens is 5. The third kappa shape index (κ3) is 2.90. The summed E-state index contributed by atoms with van der Waals surface area (Å²) in [5, 5.41) is 0. The van der Waals surface area contributed by atoms with Gasteiger partial charge >= 0.3 is 0 Å². The Kier molecular flexibility index (Phi) is 4.08. The fourth-order valence-corrected chi connectivity index (χ4v) is 3.14. The smallest absolute Gasteiger partial charge is 0.254 e. The van der Waals surface area contributed by atoms with Crippen LogP contribution < -0.4 is 5.56 Å². The van der Waals surface area contributed by atoms with Crippen molar-refractivity contribution in [1.82, 2.24) is 29.4 Å². The number of nitrogens with zero attached hydrogens (tertiary/aromatic N) is 5. The van der Waals surface area contributed by atoms with Gasteiger partial charge in [-0.15, -0.1) is 0 Å². The number of carbonyl (C=O) groups is 1. The van der Waals surface area contributed by atoms with E-state index in [-0.39, 0.29) is 17.5 Å². The highest BCUT2D eigenvalue weighted by Crippen LogP contribution is 2.20. The minimum Gasteiger partial charge on any atom is -0.335 e. The Morgan fingerprint density at radius 3 is 2.92 bits per heavy atom. The minimum atomic E-state index is -0.351. The highest BCUT2D eigenvalue weighted by Gasteiger charge is 2.28. The lowest BCUT2D eigenvalue weighted by Gasteiger charge is -2.30. The maximum atomic E-state index is 12.8. The molecule has 0 aliphatic carbocycles. The van der Waals surface area contributed by atoms with Crippen LogP contribution in [0.5, 0.6) is 0 Å². The molecule has 3 aromatic rings. The lowest BCUT2D eigenvalue weighted by atomic mass is 10.1. The van der Waals surface area contributed by atoms with Gasteiger partial charge in [0.2, 0.25) is 5.91 Å². The third-order valence-corrected chi connectivity index (χ3v) is 4.62. The summed E-state index contributed by atoms with van der Waals surface area (Å²) in [5.74, 6) is 0.404. The minimum absolute atomic E-state index is 0.0184. The number of imidazole rings is 1. The molecule has 4 rings (SSSR count). The van der Waals surface area contributed by atoms with Gasteiger partial charge < -0.3 is 14.5 Å². The Morgan fingerprint density at radius 2 is 2.19 bits per heavy atom. The van der Waals surface area contributed by atoms with Crippen LogP contribution >= 0.6 is 0 Å². The van der Waals surface area contributed by atoms with Gasteiger partial charge in [0, 0.05) is 30.7 Å². The summed E-state index contributed by atoms with van der Waals surface area (Å²) in [4.78, 5) is 42.5. The lowest BCUT2D eigenvalue weighted by molar-refractivity contribution is -0.135. The molecule has 0 bridgehead atoms. The van der Waals surface area contributed by atoms with Crippen molar-refractivity contribution in [2.75, 3.05) is 6.54 Å². The van der Waals surface area contributed by atoms with Crippen LogP contribution in [0.4, 0.5) is 0 Å². The molecule has 0 saturated heterocycles. The van der Waals surface area contributed by atoms with Gasteiger partial charge in [-0.2, -0.15) is 0 Å². The first-order chi connectivity index (χ1) is 12.6. The Morgan fingerprint density at radius 1 is 1.31 bits per heavy atom. The SMILES string of the molecule is C[C@H](C(=O)N1CCc2c(nc(-c3ccccn3)[nH]c2=O)C1)n1ccnc1. The number of carbonyl (C=O) groups excluding carboxylic acids is 1. The van der Waals surface area contributed by atoms with Crippen molar-refractivity contribution in [2.24, 2.45) is 0 Å². The summed E-state index contributed by atoms with van der Waals surface area (Å²) < 4.78 is 1.77. The van der Waals surface area contributed by atoms with Crippen molar-refractivity contribution in [3.63, 3.8) is 0 Å². The van der Waals surface area contributed by atoms with Crippen LogP contribution in [0.25, 0.3) is 11.5 Å². The summed E-state index contributed by atoms with van der Waals surface area (Å²) >= 11 is 0. The first-order valence-corrected chi connectivity index (χ1v) is 8.43.